The highest BCUT2D eigenvalue weighted by Crippen LogP contribution is 2.01. The van der Waals surface area contributed by atoms with Crippen molar-refractivity contribution in [3.63, 3.8) is 0 Å². The van der Waals surface area contributed by atoms with Crippen molar-refractivity contribution >= 4 is 0 Å². The van der Waals surface area contributed by atoms with Crippen molar-refractivity contribution in [3.05, 3.63) is 24.0 Å². The third-order valence-electron chi connectivity index (χ3n) is 2.25. The fourth-order valence-electron chi connectivity index (χ4n) is 1.39. The minimum atomic E-state index is 0.407. The molecule has 0 aromatic carbocycles. The second-order valence-corrected chi connectivity index (χ2v) is 3.59. The van der Waals surface area contributed by atoms with E-state index in [1.807, 2.05) is 0 Å². The SMILES string of the molecule is CCn1ccc(CNC(C)COC)c1. The lowest BCUT2D eigenvalue weighted by molar-refractivity contribution is 0.171. The molecule has 0 spiro atoms. The molecule has 0 fully saturated rings. The summed E-state index contributed by atoms with van der Waals surface area (Å²) in [5, 5.41) is 3.40. The molecule has 1 atom stereocenters. The molecule has 80 valence electrons. The van der Waals surface area contributed by atoms with Crippen LogP contribution in [0.5, 0.6) is 0 Å². The number of aryl methyl sites for hydroxylation is 1. The van der Waals surface area contributed by atoms with Crippen molar-refractivity contribution in [2.24, 2.45) is 0 Å². The molecule has 0 saturated carbocycles. The Balaban J connectivity index is 2.30. The lowest BCUT2D eigenvalue weighted by atomic mass is 10.3. The highest BCUT2D eigenvalue weighted by Gasteiger charge is 2.01. The van der Waals surface area contributed by atoms with Crippen molar-refractivity contribution < 1.29 is 4.74 Å². The van der Waals surface area contributed by atoms with Gasteiger partial charge in [0.25, 0.3) is 0 Å². The molecule has 0 amide bonds. The summed E-state index contributed by atoms with van der Waals surface area (Å²) >= 11 is 0. The molecule has 0 bridgehead atoms. The van der Waals surface area contributed by atoms with E-state index < -0.39 is 0 Å². The number of hydrogen-bond acceptors (Lipinski definition) is 2. The smallest absolute Gasteiger partial charge is 0.0613 e. The van der Waals surface area contributed by atoms with E-state index in [1.165, 1.54) is 5.56 Å². The first-order chi connectivity index (χ1) is 6.76. The minimum Gasteiger partial charge on any atom is -0.383 e. The number of hydrogen-bond donors (Lipinski definition) is 1. The average Bonchev–Trinajstić information content (AvgIpc) is 2.63. The predicted molar refractivity (Wildman–Crippen MR) is 58.3 cm³/mol. The standard InChI is InChI=1S/C11H20N2O/c1-4-13-6-5-11(8-13)7-12-10(2)9-14-3/h5-6,8,10,12H,4,7,9H2,1-3H3. The van der Waals surface area contributed by atoms with Gasteiger partial charge in [0.05, 0.1) is 6.61 Å². The summed E-state index contributed by atoms with van der Waals surface area (Å²) in [6, 6.07) is 2.56. The summed E-state index contributed by atoms with van der Waals surface area (Å²) in [4.78, 5) is 0. The third kappa shape index (κ3) is 3.52. The monoisotopic (exact) mass is 196 g/mol. The van der Waals surface area contributed by atoms with Crippen LogP contribution in [-0.2, 0) is 17.8 Å². The van der Waals surface area contributed by atoms with Gasteiger partial charge in [0.2, 0.25) is 0 Å². The van der Waals surface area contributed by atoms with Crippen LogP contribution in [0.1, 0.15) is 19.4 Å². The van der Waals surface area contributed by atoms with Gasteiger partial charge < -0.3 is 14.6 Å². The maximum absolute atomic E-state index is 5.05. The van der Waals surface area contributed by atoms with Crippen LogP contribution >= 0.6 is 0 Å². The molecule has 1 aromatic rings. The van der Waals surface area contributed by atoms with Gasteiger partial charge in [-0.2, -0.15) is 0 Å². The lowest BCUT2D eigenvalue weighted by Gasteiger charge is -2.11. The van der Waals surface area contributed by atoms with E-state index in [4.69, 9.17) is 4.74 Å². The van der Waals surface area contributed by atoms with Crippen molar-refractivity contribution in [2.75, 3.05) is 13.7 Å². The van der Waals surface area contributed by atoms with Gasteiger partial charge in [0.1, 0.15) is 0 Å². The van der Waals surface area contributed by atoms with Gasteiger partial charge in [-0.05, 0) is 25.5 Å². The van der Waals surface area contributed by atoms with Gasteiger partial charge in [-0.15, -0.1) is 0 Å². The Kier molecular flexibility index (Phi) is 4.70. The van der Waals surface area contributed by atoms with Crippen LogP contribution in [-0.4, -0.2) is 24.3 Å². The Hall–Kier alpha value is -0.800. The summed E-state index contributed by atoms with van der Waals surface area (Å²) < 4.78 is 7.23. The van der Waals surface area contributed by atoms with Crippen molar-refractivity contribution in [2.45, 2.75) is 33.0 Å². The van der Waals surface area contributed by atoms with Gasteiger partial charge in [0.15, 0.2) is 0 Å². The number of rotatable bonds is 6. The highest BCUT2D eigenvalue weighted by molar-refractivity contribution is 5.09. The first kappa shape index (κ1) is 11.3. The van der Waals surface area contributed by atoms with Crippen LogP contribution in [0.2, 0.25) is 0 Å². The molecule has 1 heterocycles. The van der Waals surface area contributed by atoms with Gasteiger partial charge >= 0.3 is 0 Å². The van der Waals surface area contributed by atoms with E-state index in [2.05, 4.69) is 42.2 Å². The molecule has 0 radical (unpaired) electrons. The number of methoxy groups -OCH3 is 1. The summed E-state index contributed by atoms with van der Waals surface area (Å²) in [6.45, 7) is 6.98. The maximum atomic E-state index is 5.05. The Labute approximate surface area is 86.1 Å². The van der Waals surface area contributed by atoms with Crippen molar-refractivity contribution in [1.29, 1.82) is 0 Å². The fraction of sp³-hybridized carbons (Fsp3) is 0.636. The maximum Gasteiger partial charge on any atom is 0.0613 e. The summed E-state index contributed by atoms with van der Waals surface area (Å²) in [5.74, 6) is 0. The Bertz CT molecular complexity index is 258. The third-order valence-corrected chi connectivity index (χ3v) is 2.25. The average molecular weight is 196 g/mol. The number of ether oxygens (including phenoxy) is 1. The van der Waals surface area contributed by atoms with Gasteiger partial charge in [-0.3, -0.25) is 0 Å². The topological polar surface area (TPSA) is 26.2 Å². The molecule has 1 N–H and O–H groups in total. The summed E-state index contributed by atoms with van der Waals surface area (Å²) in [6.07, 6.45) is 4.28. The van der Waals surface area contributed by atoms with E-state index in [1.54, 1.807) is 7.11 Å². The van der Waals surface area contributed by atoms with Crippen molar-refractivity contribution in [1.82, 2.24) is 9.88 Å². The zero-order valence-electron chi connectivity index (χ0n) is 9.29. The molecule has 1 rings (SSSR count). The molecule has 3 heteroatoms. The largest absolute Gasteiger partial charge is 0.383 e. The Morgan fingerprint density at radius 2 is 2.36 bits per heavy atom. The van der Waals surface area contributed by atoms with E-state index in [9.17, 15) is 0 Å². The Morgan fingerprint density at radius 3 is 2.93 bits per heavy atom. The molecule has 3 nitrogen and oxygen atoms in total. The summed E-state index contributed by atoms with van der Waals surface area (Å²) in [5.41, 5.74) is 1.33. The summed E-state index contributed by atoms with van der Waals surface area (Å²) in [7, 11) is 1.73. The molecule has 1 aromatic heterocycles. The van der Waals surface area contributed by atoms with Crippen molar-refractivity contribution in [3.8, 4) is 0 Å². The zero-order valence-corrected chi connectivity index (χ0v) is 9.29. The van der Waals surface area contributed by atoms with E-state index in [0.717, 1.165) is 19.7 Å². The molecule has 0 aliphatic heterocycles. The fourth-order valence-corrected chi connectivity index (χ4v) is 1.39. The van der Waals surface area contributed by atoms with Crippen LogP contribution in [0.3, 0.4) is 0 Å². The van der Waals surface area contributed by atoms with E-state index in [-0.39, 0.29) is 0 Å². The quantitative estimate of drug-likeness (QED) is 0.748. The van der Waals surface area contributed by atoms with Gasteiger partial charge in [0, 0.05) is 38.6 Å². The number of nitrogens with one attached hydrogen (secondary N) is 1. The normalized spacial score (nSPS) is 13.1. The molecular weight excluding hydrogens is 176 g/mol. The Morgan fingerprint density at radius 1 is 1.57 bits per heavy atom. The van der Waals surface area contributed by atoms with Crippen LogP contribution in [0.25, 0.3) is 0 Å². The zero-order chi connectivity index (χ0) is 10.4. The van der Waals surface area contributed by atoms with Crippen LogP contribution in [0, 0.1) is 0 Å². The van der Waals surface area contributed by atoms with E-state index in [0.29, 0.717) is 6.04 Å². The molecule has 14 heavy (non-hydrogen) atoms. The minimum absolute atomic E-state index is 0.407. The first-order valence-electron chi connectivity index (χ1n) is 5.13. The van der Waals surface area contributed by atoms with Crippen LogP contribution in [0.4, 0.5) is 0 Å². The second-order valence-electron chi connectivity index (χ2n) is 3.59. The molecule has 0 aliphatic carbocycles. The molecule has 0 aliphatic rings. The van der Waals surface area contributed by atoms with E-state index >= 15 is 0 Å². The molecule has 0 saturated heterocycles. The number of nitrogens with zero attached hydrogens (tertiary/aromatic N) is 1. The molecule has 1 unspecified atom stereocenters. The molecular formula is C11H20N2O. The van der Waals surface area contributed by atoms with Gasteiger partial charge in [-0.25, -0.2) is 0 Å². The second kappa shape index (κ2) is 5.83. The lowest BCUT2D eigenvalue weighted by Crippen LogP contribution is -2.29. The predicted octanol–water partition coefficient (Wildman–Crippen LogP) is 1.63. The van der Waals surface area contributed by atoms with Crippen LogP contribution in [0.15, 0.2) is 18.5 Å². The first-order valence-corrected chi connectivity index (χ1v) is 5.13. The van der Waals surface area contributed by atoms with Crippen LogP contribution < -0.4 is 5.32 Å². The number of aromatic nitrogens is 1. The highest BCUT2D eigenvalue weighted by atomic mass is 16.5. The van der Waals surface area contributed by atoms with Gasteiger partial charge in [-0.1, -0.05) is 0 Å².